The minimum absolute atomic E-state index is 0.297. The summed E-state index contributed by atoms with van der Waals surface area (Å²) >= 11 is 1.78. The molecule has 0 aromatic heterocycles. The molecule has 1 aromatic rings. The van der Waals surface area contributed by atoms with Gasteiger partial charge in [0.05, 0.1) is 6.61 Å². The highest BCUT2D eigenvalue weighted by Gasteiger charge is 2.17. The molecule has 5 heteroatoms. The van der Waals surface area contributed by atoms with Crippen LogP contribution in [-0.4, -0.2) is 32.0 Å². The molecular weight excluding hydrogens is 262 g/mol. The van der Waals surface area contributed by atoms with Crippen LogP contribution in [0.1, 0.15) is 18.9 Å². The molecular formula is C14H21NO3S. The van der Waals surface area contributed by atoms with Gasteiger partial charge < -0.3 is 19.5 Å². The SMILES string of the molecule is CCCNCc1cc2c(cc1OCCSC)OCO2. The van der Waals surface area contributed by atoms with Crippen molar-refractivity contribution in [3.8, 4) is 17.2 Å². The van der Waals surface area contributed by atoms with Gasteiger partial charge in [-0.2, -0.15) is 11.8 Å². The lowest BCUT2D eigenvalue weighted by molar-refractivity contribution is 0.173. The molecule has 1 N–H and O–H groups in total. The van der Waals surface area contributed by atoms with Gasteiger partial charge in [-0.3, -0.25) is 0 Å². The summed E-state index contributed by atoms with van der Waals surface area (Å²) in [5.41, 5.74) is 1.12. The fraction of sp³-hybridized carbons (Fsp3) is 0.571. The number of thioether (sulfide) groups is 1. The third-order valence-corrected chi connectivity index (χ3v) is 3.42. The predicted octanol–water partition coefficient (Wildman–Crippen LogP) is 2.66. The number of rotatable bonds is 8. The summed E-state index contributed by atoms with van der Waals surface area (Å²) in [6.07, 6.45) is 3.19. The Labute approximate surface area is 118 Å². The molecule has 0 saturated carbocycles. The largest absolute Gasteiger partial charge is 0.492 e. The van der Waals surface area contributed by atoms with E-state index in [0.717, 1.165) is 48.1 Å². The Kier molecular flexibility index (Phi) is 5.66. The molecule has 0 spiro atoms. The van der Waals surface area contributed by atoms with Gasteiger partial charge in [0, 0.05) is 23.9 Å². The van der Waals surface area contributed by atoms with Crippen LogP contribution in [0.3, 0.4) is 0 Å². The fourth-order valence-electron chi connectivity index (χ4n) is 1.87. The van der Waals surface area contributed by atoms with Crippen LogP contribution in [0.5, 0.6) is 17.2 Å². The van der Waals surface area contributed by atoms with Gasteiger partial charge in [0.25, 0.3) is 0 Å². The minimum Gasteiger partial charge on any atom is -0.492 e. The average molecular weight is 283 g/mol. The Hall–Kier alpha value is -1.07. The highest BCUT2D eigenvalue weighted by Crippen LogP contribution is 2.38. The Morgan fingerprint density at radius 1 is 1.32 bits per heavy atom. The molecule has 0 unspecified atom stereocenters. The van der Waals surface area contributed by atoms with E-state index in [-0.39, 0.29) is 0 Å². The maximum atomic E-state index is 5.84. The Bertz CT molecular complexity index is 375. The molecule has 1 aromatic carbocycles. The van der Waals surface area contributed by atoms with E-state index in [1.54, 1.807) is 11.8 Å². The van der Waals surface area contributed by atoms with Crippen LogP contribution in [0, 0.1) is 0 Å². The molecule has 4 nitrogen and oxygen atoms in total. The molecule has 1 aliphatic heterocycles. The smallest absolute Gasteiger partial charge is 0.231 e. The van der Waals surface area contributed by atoms with E-state index in [4.69, 9.17) is 14.2 Å². The molecule has 0 fully saturated rings. The summed E-state index contributed by atoms with van der Waals surface area (Å²) < 4.78 is 16.7. The van der Waals surface area contributed by atoms with E-state index in [1.165, 1.54) is 0 Å². The van der Waals surface area contributed by atoms with E-state index in [2.05, 4.69) is 18.5 Å². The number of benzene rings is 1. The minimum atomic E-state index is 0.297. The van der Waals surface area contributed by atoms with Crippen LogP contribution in [0.4, 0.5) is 0 Å². The summed E-state index contributed by atoms with van der Waals surface area (Å²) in [4.78, 5) is 0. The first-order chi connectivity index (χ1) is 9.35. The third-order valence-electron chi connectivity index (χ3n) is 2.84. The molecule has 0 aliphatic carbocycles. The van der Waals surface area contributed by atoms with Gasteiger partial charge in [0.2, 0.25) is 6.79 Å². The fourth-order valence-corrected chi connectivity index (χ4v) is 2.12. The molecule has 2 rings (SSSR count). The van der Waals surface area contributed by atoms with Crippen molar-refractivity contribution in [3.05, 3.63) is 17.7 Å². The highest BCUT2D eigenvalue weighted by molar-refractivity contribution is 7.98. The first-order valence-corrected chi connectivity index (χ1v) is 7.99. The number of fused-ring (bicyclic) bond motifs is 1. The quantitative estimate of drug-likeness (QED) is 0.743. The summed E-state index contributed by atoms with van der Waals surface area (Å²) in [6.45, 7) is 4.95. The van der Waals surface area contributed by atoms with Gasteiger partial charge in [-0.05, 0) is 25.3 Å². The van der Waals surface area contributed by atoms with E-state index < -0.39 is 0 Å². The van der Waals surface area contributed by atoms with Crippen molar-refractivity contribution in [3.63, 3.8) is 0 Å². The summed E-state index contributed by atoms with van der Waals surface area (Å²) in [5.74, 6) is 3.46. The molecule has 1 heterocycles. The summed E-state index contributed by atoms with van der Waals surface area (Å²) in [7, 11) is 0. The second-order valence-electron chi connectivity index (χ2n) is 4.33. The Morgan fingerprint density at radius 2 is 2.11 bits per heavy atom. The number of hydrogen-bond donors (Lipinski definition) is 1. The second kappa shape index (κ2) is 7.50. The van der Waals surface area contributed by atoms with Gasteiger partial charge >= 0.3 is 0 Å². The molecule has 0 radical (unpaired) electrons. The topological polar surface area (TPSA) is 39.7 Å². The Balaban J connectivity index is 2.07. The van der Waals surface area contributed by atoms with E-state index in [0.29, 0.717) is 13.4 Å². The van der Waals surface area contributed by atoms with Crippen LogP contribution >= 0.6 is 11.8 Å². The van der Waals surface area contributed by atoms with E-state index in [9.17, 15) is 0 Å². The maximum Gasteiger partial charge on any atom is 0.231 e. The molecule has 0 bridgehead atoms. The first kappa shape index (κ1) is 14.3. The van der Waals surface area contributed by atoms with Crippen molar-refractivity contribution in [2.24, 2.45) is 0 Å². The van der Waals surface area contributed by atoms with Crippen molar-refractivity contribution in [1.29, 1.82) is 0 Å². The van der Waals surface area contributed by atoms with Crippen LogP contribution < -0.4 is 19.5 Å². The zero-order valence-electron chi connectivity index (χ0n) is 11.5. The molecule has 19 heavy (non-hydrogen) atoms. The highest BCUT2D eigenvalue weighted by atomic mass is 32.2. The average Bonchev–Trinajstić information content (AvgIpc) is 2.86. The van der Waals surface area contributed by atoms with Crippen LogP contribution in [0.25, 0.3) is 0 Å². The van der Waals surface area contributed by atoms with Gasteiger partial charge in [-0.1, -0.05) is 6.92 Å². The van der Waals surface area contributed by atoms with Gasteiger partial charge in [-0.15, -0.1) is 0 Å². The van der Waals surface area contributed by atoms with Crippen LogP contribution in [-0.2, 0) is 6.54 Å². The molecule has 0 amide bonds. The summed E-state index contributed by atoms with van der Waals surface area (Å²) in [6, 6.07) is 3.95. The van der Waals surface area contributed by atoms with E-state index >= 15 is 0 Å². The first-order valence-electron chi connectivity index (χ1n) is 6.60. The molecule has 0 saturated heterocycles. The predicted molar refractivity (Wildman–Crippen MR) is 78.4 cm³/mol. The monoisotopic (exact) mass is 283 g/mol. The molecule has 0 atom stereocenters. The number of ether oxygens (including phenoxy) is 3. The van der Waals surface area contributed by atoms with Crippen LogP contribution in [0.15, 0.2) is 12.1 Å². The Morgan fingerprint density at radius 3 is 2.84 bits per heavy atom. The van der Waals surface area contributed by atoms with Crippen molar-refractivity contribution in [1.82, 2.24) is 5.32 Å². The maximum absolute atomic E-state index is 5.84. The zero-order valence-corrected chi connectivity index (χ0v) is 12.3. The second-order valence-corrected chi connectivity index (χ2v) is 5.32. The third kappa shape index (κ3) is 3.94. The number of nitrogens with one attached hydrogen (secondary N) is 1. The van der Waals surface area contributed by atoms with Crippen molar-refractivity contribution in [2.45, 2.75) is 19.9 Å². The number of hydrogen-bond acceptors (Lipinski definition) is 5. The lowest BCUT2D eigenvalue weighted by Gasteiger charge is -2.13. The molecule has 1 aliphatic rings. The normalized spacial score (nSPS) is 12.7. The molecule has 106 valence electrons. The van der Waals surface area contributed by atoms with Gasteiger partial charge in [0.1, 0.15) is 5.75 Å². The standard InChI is InChI=1S/C14H21NO3S/c1-3-4-15-9-11-7-13-14(18-10-17-13)8-12(11)16-5-6-19-2/h7-8,15H,3-6,9-10H2,1-2H3. The van der Waals surface area contributed by atoms with Crippen molar-refractivity contribution < 1.29 is 14.2 Å². The van der Waals surface area contributed by atoms with Gasteiger partial charge in [-0.25, -0.2) is 0 Å². The lowest BCUT2D eigenvalue weighted by atomic mass is 10.1. The van der Waals surface area contributed by atoms with Crippen LogP contribution in [0.2, 0.25) is 0 Å². The summed E-state index contributed by atoms with van der Waals surface area (Å²) in [5, 5.41) is 3.39. The lowest BCUT2D eigenvalue weighted by Crippen LogP contribution is -2.15. The van der Waals surface area contributed by atoms with Crippen molar-refractivity contribution in [2.75, 3.05) is 32.0 Å². The van der Waals surface area contributed by atoms with Crippen molar-refractivity contribution >= 4 is 11.8 Å². The van der Waals surface area contributed by atoms with E-state index in [1.807, 2.05) is 12.1 Å². The van der Waals surface area contributed by atoms with Gasteiger partial charge in [0.15, 0.2) is 11.5 Å². The zero-order chi connectivity index (χ0) is 13.5.